The SMILES string of the molecule is O=C1CCCC2=C1C1(C(=O)N2C2CCCCC2)C2=C(Nc3ccc(Br)cc31)c1ccccc1C2=O. The number of anilines is 1. The number of carbonyl (C=O) groups is 3. The van der Waals surface area contributed by atoms with Crippen LogP contribution in [0.25, 0.3) is 5.70 Å². The van der Waals surface area contributed by atoms with Crippen molar-refractivity contribution in [2.45, 2.75) is 62.8 Å². The third kappa shape index (κ3) is 2.66. The number of amides is 1. The molecule has 0 saturated heterocycles. The van der Waals surface area contributed by atoms with Crippen molar-refractivity contribution < 1.29 is 14.4 Å². The molecule has 176 valence electrons. The fraction of sp³-hybridized carbons (Fsp3) is 0.345. The predicted molar refractivity (Wildman–Crippen MR) is 137 cm³/mol. The second-order valence-electron chi connectivity index (χ2n) is 10.3. The van der Waals surface area contributed by atoms with Gasteiger partial charge >= 0.3 is 0 Å². The lowest BCUT2D eigenvalue weighted by Gasteiger charge is -2.39. The van der Waals surface area contributed by atoms with Crippen LogP contribution in [0.1, 0.15) is 72.9 Å². The van der Waals surface area contributed by atoms with Crippen molar-refractivity contribution in [3.8, 4) is 0 Å². The third-order valence-corrected chi connectivity index (χ3v) is 8.96. The Bertz CT molecular complexity index is 1410. The van der Waals surface area contributed by atoms with Crippen molar-refractivity contribution in [1.82, 2.24) is 4.90 Å². The number of hydrogen-bond acceptors (Lipinski definition) is 4. The average molecular weight is 529 g/mol. The first-order valence-electron chi connectivity index (χ1n) is 12.6. The molecule has 3 aliphatic carbocycles. The zero-order chi connectivity index (χ0) is 23.9. The molecule has 0 aromatic heterocycles. The van der Waals surface area contributed by atoms with Crippen LogP contribution in [0.2, 0.25) is 0 Å². The largest absolute Gasteiger partial charge is 0.354 e. The van der Waals surface area contributed by atoms with Gasteiger partial charge in [0.25, 0.3) is 0 Å². The number of hydrogen-bond donors (Lipinski definition) is 1. The van der Waals surface area contributed by atoms with E-state index in [1.807, 2.05) is 47.4 Å². The lowest BCUT2D eigenvalue weighted by Crippen LogP contribution is -2.49. The molecule has 0 bridgehead atoms. The Balaban J connectivity index is 1.57. The third-order valence-electron chi connectivity index (χ3n) is 8.47. The molecule has 7 rings (SSSR count). The van der Waals surface area contributed by atoms with Crippen LogP contribution >= 0.6 is 15.9 Å². The molecule has 1 fully saturated rings. The van der Waals surface area contributed by atoms with Gasteiger partial charge in [0.1, 0.15) is 5.41 Å². The van der Waals surface area contributed by atoms with Gasteiger partial charge in [0, 0.05) is 56.2 Å². The quantitative estimate of drug-likeness (QED) is 0.500. The minimum Gasteiger partial charge on any atom is -0.354 e. The van der Waals surface area contributed by atoms with Gasteiger partial charge in [0.2, 0.25) is 5.91 Å². The first kappa shape index (κ1) is 21.3. The van der Waals surface area contributed by atoms with Crippen LogP contribution in [-0.2, 0) is 15.0 Å². The van der Waals surface area contributed by atoms with Gasteiger partial charge in [-0.3, -0.25) is 14.4 Å². The van der Waals surface area contributed by atoms with Gasteiger partial charge < -0.3 is 10.2 Å². The number of halogens is 1. The second kappa shape index (κ2) is 7.50. The number of nitrogens with one attached hydrogen (secondary N) is 1. The number of benzene rings is 2. The summed E-state index contributed by atoms with van der Waals surface area (Å²) < 4.78 is 0.818. The summed E-state index contributed by atoms with van der Waals surface area (Å²) in [6, 6.07) is 13.4. The van der Waals surface area contributed by atoms with Crippen LogP contribution in [0.3, 0.4) is 0 Å². The summed E-state index contributed by atoms with van der Waals surface area (Å²) in [6.45, 7) is 0. The highest BCUT2D eigenvalue weighted by Crippen LogP contribution is 2.60. The first-order valence-corrected chi connectivity index (χ1v) is 13.4. The summed E-state index contributed by atoms with van der Waals surface area (Å²) in [5.74, 6) is -0.265. The first-order chi connectivity index (χ1) is 17.0. The molecule has 35 heavy (non-hydrogen) atoms. The van der Waals surface area contributed by atoms with E-state index < -0.39 is 5.41 Å². The maximum absolute atomic E-state index is 14.9. The second-order valence-corrected chi connectivity index (χ2v) is 11.2. The van der Waals surface area contributed by atoms with Crippen LogP contribution in [-0.4, -0.2) is 28.4 Å². The average Bonchev–Trinajstić information content (AvgIpc) is 3.30. The number of carbonyl (C=O) groups excluding carboxylic acids is 3. The molecule has 6 heteroatoms. The zero-order valence-corrected chi connectivity index (χ0v) is 20.9. The normalized spacial score (nSPS) is 25.6. The van der Waals surface area contributed by atoms with Crippen LogP contribution in [0.15, 0.2) is 63.8 Å². The van der Waals surface area contributed by atoms with E-state index in [1.165, 1.54) is 6.42 Å². The molecule has 2 aromatic carbocycles. The predicted octanol–water partition coefficient (Wildman–Crippen LogP) is 5.90. The van der Waals surface area contributed by atoms with Crippen LogP contribution < -0.4 is 5.32 Å². The Morgan fingerprint density at radius 2 is 1.66 bits per heavy atom. The number of nitrogens with zero attached hydrogens (tertiary/aromatic N) is 1. The Labute approximate surface area is 212 Å². The number of allylic oxidation sites excluding steroid dienone is 1. The molecule has 2 aliphatic heterocycles. The van der Waals surface area contributed by atoms with E-state index in [4.69, 9.17) is 0 Å². The topological polar surface area (TPSA) is 66.5 Å². The summed E-state index contributed by atoms with van der Waals surface area (Å²) in [5.41, 5.74) is 3.98. The summed E-state index contributed by atoms with van der Waals surface area (Å²) in [4.78, 5) is 44.7. The lowest BCUT2D eigenvalue weighted by atomic mass is 9.63. The molecule has 1 spiro atoms. The van der Waals surface area contributed by atoms with E-state index in [1.54, 1.807) is 0 Å². The summed E-state index contributed by atoms with van der Waals surface area (Å²) in [7, 11) is 0. The van der Waals surface area contributed by atoms with Gasteiger partial charge in [0.05, 0.1) is 5.70 Å². The molecule has 0 radical (unpaired) electrons. The number of Topliss-reactive ketones (excluding diaryl/α,β-unsaturated/α-hetero) is 2. The van der Waals surface area contributed by atoms with Gasteiger partial charge in [0.15, 0.2) is 11.6 Å². The minimum atomic E-state index is -1.40. The number of ketones is 2. The van der Waals surface area contributed by atoms with E-state index in [2.05, 4.69) is 21.2 Å². The fourth-order valence-corrected chi connectivity index (χ4v) is 7.45. The highest BCUT2D eigenvalue weighted by Gasteiger charge is 2.64. The molecule has 2 heterocycles. The molecule has 2 aromatic rings. The fourth-order valence-electron chi connectivity index (χ4n) is 7.09. The summed E-state index contributed by atoms with van der Waals surface area (Å²) >= 11 is 3.60. The van der Waals surface area contributed by atoms with Crippen molar-refractivity contribution in [3.63, 3.8) is 0 Å². The van der Waals surface area contributed by atoms with Crippen LogP contribution in [0.5, 0.6) is 0 Å². The van der Waals surface area contributed by atoms with Crippen molar-refractivity contribution >= 4 is 44.8 Å². The summed E-state index contributed by atoms with van der Waals surface area (Å²) in [5, 5.41) is 3.48. The highest BCUT2D eigenvalue weighted by atomic mass is 79.9. The van der Waals surface area contributed by atoms with E-state index in [9.17, 15) is 14.4 Å². The molecule has 1 saturated carbocycles. The van der Waals surface area contributed by atoms with E-state index in [0.29, 0.717) is 40.8 Å². The number of rotatable bonds is 1. The Kier molecular flexibility index (Phi) is 4.57. The van der Waals surface area contributed by atoms with E-state index in [0.717, 1.165) is 53.5 Å². The molecular weight excluding hydrogens is 504 g/mol. The Morgan fingerprint density at radius 3 is 2.46 bits per heavy atom. The molecule has 1 unspecified atom stereocenters. The molecule has 5 aliphatic rings. The Morgan fingerprint density at radius 1 is 0.886 bits per heavy atom. The van der Waals surface area contributed by atoms with E-state index in [-0.39, 0.29) is 23.5 Å². The van der Waals surface area contributed by atoms with Crippen LogP contribution in [0, 0.1) is 0 Å². The maximum Gasteiger partial charge on any atom is 0.247 e. The maximum atomic E-state index is 14.9. The lowest BCUT2D eigenvalue weighted by molar-refractivity contribution is -0.133. The van der Waals surface area contributed by atoms with Gasteiger partial charge in [-0.25, -0.2) is 0 Å². The standard InChI is InChI=1S/C29H25BrN2O3/c30-16-13-14-21-20(15-16)29(25-26(31-21)18-9-4-5-10-19(18)27(25)34)24-22(11-6-12-23(24)33)32(28(29)35)17-7-2-1-3-8-17/h4-5,9-10,13-15,17,31H,1-3,6-8,11-12H2. The zero-order valence-electron chi connectivity index (χ0n) is 19.3. The van der Waals surface area contributed by atoms with Gasteiger partial charge in [-0.1, -0.05) is 59.5 Å². The smallest absolute Gasteiger partial charge is 0.247 e. The summed E-state index contributed by atoms with van der Waals surface area (Å²) in [6.07, 6.45) is 7.08. The molecule has 1 amide bonds. The van der Waals surface area contributed by atoms with Crippen molar-refractivity contribution in [2.75, 3.05) is 5.32 Å². The van der Waals surface area contributed by atoms with E-state index >= 15 is 0 Å². The minimum absolute atomic E-state index is 0.00124. The van der Waals surface area contributed by atoms with Crippen molar-refractivity contribution in [1.29, 1.82) is 0 Å². The molecule has 1 N–H and O–H groups in total. The van der Waals surface area contributed by atoms with Gasteiger partial charge in [-0.2, -0.15) is 0 Å². The van der Waals surface area contributed by atoms with Gasteiger partial charge in [-0.05, 0) is 43.9 Å². The Hall–Kier alpha value is -2.99. The molecule has 1 atom stereocenters. The van der Waals surface area contributed by atoms with Gasteiger partial charge in [-0.15, -0.1) is 0 Å². The molecular formula is C29H25BrN2O3. The van der Waals surface area contributed by atoms with Crippen LogP contribution in [0.4, 0.5) is 5.69 Å². The number of fused-ring (bicyclic) bond motifs is 6. The van der Waals surface area contributed by atoms with Crippen molar-refractivity contribution in [2.24, 2.45) is 0 Å². The monoisotopic (exact) mass is 528 g/mol. The highest BCUT2D eigenvalue weighted by molar-refractivity contribution is 9.10. The van der Waals surface area contributed by atoms with Crippen molar-refractivity contribution in [3.05, 3.63) is 80.5 Å². The molecule has 5 nitrogen and oxygen atoms in total.